The number of aliphatic hydroxyl groups excluding tert-OH is 1. The van der Waals surface area contributed by atoms with E-state index in [0.717, 1.165) is 0 Å². The van der Waals surface area contributed by atoms with E-state index < -0.39 is 8.25 Å². The molecular weight excluding hydrogens is 195 g/mol. The van der Waals surface area contributed by atoms with Crippen LogP contribution < -0.4 is 0 Å². The lowest BCUT2D eigenvalue weighted by atomic mass is 10.8. The Bertz CT molecular complexity index is 99.1. The highest BCUT2D eigenvalue weighted by Crippen LogP contribution is 2.21. The molecule has 0 rings (SSSR count). The summed E-state index contributed by atoms with van der Waals surface area (Å²) in [6.07, 6.45) is 0. The van der Waals surface area contributed by atoms with E-state index in [-0.39, 0.29) is 6.61 Å². The van der Waals surface area contributed by atoms with Gasteiger partial charge in [-0.05, 0) is 13.8 Å². The van der Waals surface area contributed by atoms with Gasteiger partial charge in [-0.1, -0.05) is 0 Å². The van der Waals surface area contributed by atoms with E-state index in [2.05, 4.69) is 13.8 Å². The van der Waals surface area contributed by atoms with Gasteiger partial charge in [0.2, 0.25) is 0 Å². The zero-order valence-corrected chi connectivity index (χ0v) is 9.25. The van der Waals surface area contributed by atoms with Crippen LogP contribution in [0.4, 0.5) is 0 Å². The van der Waals surface area contributed by atoms with Gasteiger partial charge in [-0.15, -0.1) is 9.05 Å². The average Bonchev–Trinajstić information content (AvgIpc) is 2.08. The predicted octanol–water partition coefficient (Wildman–Crippen LogP) is 1.34. The molecule has 0 aromatic rings. The topological polar surface area (TPSA) is 65.0 Å². The molecule has 0 aliphatic rings. The molecule has 0 atom stereocenters. The van der Waals surface area contributed by atoms with Crippen molar-refractivity contribution in [2.24, 2.45) is 0 Å². The summed E-state index contributed by atoms with van der Waals surface area (Å²) < 4.78 is 23.9. The van der Waals surface area contributed by atoms with E-state index in [0.29, 0.717) is 19.8 Å². The lowest BCUT2D eigenvalue weighted by Crippen LogP contribution is -1.91. The van der Waals surface area contributed by atoms with E-state index in [1.807, 2.05) is 0 Å². The van der Waals surface area contributed by atoms with Crippen molar-refractivity contribution in [3.63, 3.8) is 0 Å². The third-order valence-corrected chi connectivity index (χ3v) is 1.70. The summed E-state index contributed by atoms with van der Waals surface area (Å²) in [5.74, 6) is 0. The van der Waals surface area contributed by atoms with Crippen molar-refractivity contribution < 1.29 is 23.5 Å². The number of ether oxygens (including phenoxy) is 1. The van der Waals surface area contributed by atoms with Crippen LogP contribution in [0.1, 0.15) is 13.8 Å². The van der Waals surface area contributed by atoms with Crippen molar-refractivity contribution in [3.8, 4) is 0 Å². The van der Waals surface area contributed by atoms with Crippen molar-refractivity contribution in [1.82, 2.24) is 0 Å². The van der Waals surface area contributed by atoms with E-state index in [1.165, 1.54) is 0 Å². The first kappa shape index (κ1) is 15.4. The maximum atomic E-state index is 10.3. The van der Waals surface area contributed by atoms with Gasteiger partial charge in [0.15, 0.2) is 0 Å². The zero-order valence-electron chi connectivity index (χ0n) is 8.36. The largest absolute Gasteiger partial charge is 0.697 e. The monoisotopic (exact) mass is 213 g/mol. The van der Waals surface area contributed by atoms with Gasteiger partial charge in [0.25, 0.3) is 0 Å². The first-order valence-corrected chi connectivity index (χ1v) is 5.15. The maximum absolute atomic E-state index is 10.3. The summed E-state index contributed by atoms with van der Waals surface area (Å²) in [6, 6.07) is 0. The molecule has 0 aromatic carbocycles. The number of hydrogen-bond acceptors (Lipinski definition) is 5. The fourth-order valence-electron chi connectivity index (χ4n) is 0.339. The van der Waals surface area contributed by atoms with Gasteiger partial charge >= 0.3 is 8.25 Å². The first-order chi connectivity index (χ1) is 6.22. The molecule has 1 N–H and O–H groups in total. The van der Waals surface area contributed by atoms with Crippen LogP contribution >= 0.6 is 8.25 Å². The molecule has 0 aromatic heterocycles. The van der Waals surface area contributed by atoms with Gasteiger partial charge in [0.05, 0.1) is 13.2 Å². The van der Waals surface area contributed by atoms with E-state index >= 15 is 0 Å². The SMILES string of the molecule is CCO[P+](=O)OCC.COCCO. The standard InChI is InChI=1S/C4H10O3P.C3H8O2/c1-3-6-8(5)7-4-2;1-5-3-2-4/h3-4H2,1-2H3;4H,2-3H2,1H3/q+1;. The van der Waals surface area contributed by atoms with E-state index in [9.17, 15) is 4.57 Å². The smallest absolute Gasteiger partial charge is 0.394 e. The molecule has 0 heterocycles. The molecule has 80 valence electrons. The molecule has 13 heavy (non-hydrogen) atoms. The second kappa shape index (κ2) is 14.5. The fourth-order valence-corrected chi connectivity index (χ4v) is 0.836. The molecule has 0 aliphatic carbocycles. The summed E-state index contributed by atoms with van der Waals surface area (Å²) in [6.45, 7) is 4.99. The van der Waals surface area contributed by atoms with E-state index in [1.54, 1.807) is 21.0 Å². The third kappa shape index (κ3) is 18.7. The van der Waals surface area contributed by atoms with Crippen molar-refractivity contribution in [2.45, 2.75) is 13.8 Å². The molecule has 0 unspecified atom stereocenters. The summed E-state index contributed by atoms with van der Waals surface area (Å²) in [5.41, 5.74) is 0. The number of aliphatic hydroxyl groups is 1. The van der Waals surface area contributed by atoms with Gasteiger partial charge in [-0.2, -0.15) is 0 Å². The highest BCUT2D eigenvalue weighted by molar-refractivity contribution is 7.33. The lowest BCUT2D eigenvalue weighted by Gasteiger charge is -1.84. The average molecular weight is 213 g/mol. The molecule has 0 radical (unpaired) electrons. The summed E-state index contributed by atoms with van der Waals surface area (Å²) in [5, 5.41) is 7.94. The quantitative estimate of drug-likeness (QED) is 0.674. The second-order valence-corrected chi connectivity index (χ2v) is 2.74. The molecule has 6 heteroatoms. The van der Waals surface area contributed by atoms with Crippen LogP contribution in [0, 0.1) is 0 Å². The Balaban J connectivity index is 0. The van der Waals surface area contributed by atoms with Crippen LogP contribution in [0.2, 0.25) is 0 Å². The zero-order chi connectivity index (χ0) is 10.5. The summed E-state index contributed by atoms with van der Waals surface area (Å²) in [4.78, 5) is 0. The van der Waals surface area contributed by atoms with Crippen molar-refractivity contribution >= 4 is 8.25 Å². The highest BCUT2D eigenvalue weighted by atomic mass is 31.1. The highest BCUT2D eigenvalue weighted by Gasteiger charge is 2.15. The van der Waals surface area contributed by atoms with Crippen LogP contribution in [0.15, 0.2) is 0 Å². The summed E-state index contributed by atoms with van der Waals surface area (Å²) >= 11 is 0. The normalized spacial score (nSPS) is 8.92. The van der Waals surface area contributed by atoms with Crippen LogP contribution in [0.5, 0.6) is 0 Å². The van der Waals surface area contributed by atoms with E-state index in [4.69, 9.17) is 5.11 Å². The first-order valence-electron chi connectivity index (χ1n) is 4.05. The Hall–Kier alpha value is -0.0600. The van der Waals surface area contributed by atoms with Crippen LogP contribution in [0.25, 0.3) is 0 Å². The van der Waals surface area contributed by atoms with Crippen LogP contribution in [0.3, 0.4) is 0 Å². The number of methoxy groups -OCH3 is 1. The van der Waals surface area contributed by atoms with Gasteiger partial charge in [0.1, 0.15) is 13.2 Å². The molecule has 0 bridgehead atoms. The molecule has 0 saturated carbocycles. The van der Waals surface area contributed by atoms with Gasteiger partial charge in [-0.3, -0.25) is 0 Å². The molecule has 0 amide bonds. The molecule has 5 nitrogen and oxygen atoms in total. The van der Waals surface area contributed by atoms with Crippen LogP contribution in [-0.2, 0) is 18.3 Å². The van der Waals surface area contributed by atoms with Crippen molar-refractivity contribution in [3.05, 3.63) is 0 Å². The molecule has 0 aliphatic heterocycles. The van der Waals surface area contributed by atoms with Gasteiger partial charge < -0.3 is 9.84 Å². The Kier molecular flexibility index (Phi) is 17.1. The Morgan fingerprint density at radius 3 is 1.85 bits per heavy atom. The minimum absolute atomic E-state index is 0.122. The number of hydrogen-bond donors (Lipinski definition) is 1. The second-order valence-electron chi connectivity index (χ2n) is 1.78. The molecule has 0 saturated heterocycles. The Morgan fingerprint density at radius 2 is 1.69 bits per heavy atom. The minimum Gasteiger partial charge on any atom is -0.394 e. The summed E-state index contributed by atoms with van der Waals surface area (Å²) in [7, 11) is -0.279. The fraction of sp³-hybridized carbons (Fsp3) is 1.00. The molecular formula is C7H18O5P+. The maximum Gasteiger partial charge on any atom is 0.697 e. The Morgan fingerprint density at radius 1 is 1.23 bits per heavy atom. The number of rotatable bonds is 6. The van der Waals surface area contributed by atoms with Crippen molar-refractivity contribution in [2.75, 3.05) is 33.5 Å². The lowest BCUT2D eigenvalue weighted by molar-refractivity contribution is 0.135. The molecule has 0 fully saturated rings. The molecule has 0 spiro atoms. The van der Waals surface area contributed by atoms with Crippen LogP contribution in [-0.4, -0.2) is 38.6 Å². The third-order valence-electron chi connectivity index (χ3n) is 0.764. The minimum atomic E-state index is -1.83. The Labute approximate surface area is 79.9 Å². The predicted molar refractivity (Wildman–Crippen MR) is 49.8 cm³/mol. The van der Waals surface area contributed by atoms with Crippen molar-refractivity contribution in [1.29, 1.82) is 0 Å². The van der Waals surface area contributed by atoms with Gasteiger partial charge in [0, 0.05) is 11.7 Å². The van der Waals surface area contributed by atoms with Gasteiger partial charge in [-0.25, -0.2) is 0 Å².